The van der Waals surface area contributed by atoms with Crippen LogP contribution in [0.25, 0.3) is 0 Å². The van der Waals surface area contributed by atoms with Crippen molar-refractivity contribution in [2.24, 2.45) is 0 Å². The van der Waals surface area contributed by atoms with Crippen LogP contribution in [-0.4, -0.2) is 29.2 Å². The average Bonchev–Trinajstić information content (AvgIpc) is 2.97. The van der Waals surface area contributed by atoms with Gasteiger partial charge < -0.3 is 19.4 Å². The number of carbonyl (C=O) groups excluding carboxylic acids is 1. The van der Waals surface area contributed by atoms with Crippen molar-refractivity contribution in [2.75, 3.05) is 19.0 Å². The Bertz CT molecular complexity index is 649. The van der Waals surface area contributed by atoms with Gasteiger partial charge in [-0.1, -0.05) is 0 Å². The van der Waals surface area contributed by atoms with Gasteiger partial charge in [0.15, 0.2) is 6.61 Å². The van der Waals surface area contributed by atoms with E-state index in [0.29, 0.717) is 5.75 Å². The summed E-state index contributed by atoms with van der Waals surface area (Å²) in [4.78, 5) is 16.3. The van der Waals surface area contributed by atoms with E-state index in [4.69, 9.17) is 9.47 Å². The lowest BCUT2D eigenvalue weighted by molar-refractivity contribution is -0.118. The number of rotatable bonds is 5. The van der Waals surface area contributed by atoms with Gasteiger partial charge in [-0.05, 0) is 37.1 Å². The topological polar surface area (TPSA) is 65.4 Å². The van der Waals surface area contributed by atoms with Crippen LogP contribution in [0.3, 0.4) is 0 Å². The Morgan fingerprint density at radius 3 is 2.82 bits per heavy atom. The maximum absolute atomic E-state index is 12.0. The predicted octanol–water partition coefficient (Wildman–Crippen LogP) is 2.25. The summed E-state index contributed by atoms with van der Waals surface area (Å²) < 4.78 is 12.6. The number of fused-ring (bicyclic) bond motifs is 1. The first kappa shape index (κ1) is 14.4. The number of nitrogens with zero attached hydrogens (tertiary/aromatic N) is 2. The highest BCUT2D eigenvalue weighted by molar-refractivity contribution is 5.91. The Labute approximate surface area is 129 Å². The second-order valence-electron chi connectivity index (χ2n) is 5.18. The zero-order valence-electron chi connectivity index (χ0n) is 12.5. The molecule has 116 valence electrons. The van der Waals surface area contributed by atoms with Crippen LogP contribution in [0.15, 0.2) is 30.5 Å². The molecular weight excluding hydrogens is 282 g/mol. The first-order valence-electron chi connectivity index (χ1n) is 7.37. The summed E-state index contributed by atoms with van der Waals surface area (Å²) >= 11 is 0. The number of hydrogen-bond donors (Lipinski definition) is 1. The second-order valence-corrected chi connectivity index (χ2v) is 5.18. The molecule has 22 heavy (non-hydrogen) atoms. The first-order chi connectivity index (χ1) is 10.8. The van der Waals surface area contributed by atoms with Crippen molar-refractivity contribution in [2.45, 2.75) is 25.8 Å². The summed E-state index contributed by atoms with van der Waals surface area (Å²) in [6.45, 7) is 0.872. The number of aryl methyl sites for hydroxylation is 1. The first-order valence-corrected chi connectivity index (χ1v) is 7.37. The molecule has 2 heterocycles. The number of anilines is 1. The number of benzene rings is 1. The normalized spacial score (nSPS) is 13.3. The van der Waals surface area contributed by atoms with Crippen molar-refractivity contribution in [1.29, 1.82) is 0 Å². The lowest BCUT2D eigenvalue weighted by Gasteiger charge is -2.16. The summed E-state index contributed by atoms with van der Waals surface area (Å²) in [6.07, 6.45) is 4.96. The lowest BCUT2D eigenvalue weighted by atomic mass is 10.2. The molecule has 1 aliphatic heterocycles. The highest BCUT2D eigenvalue weighted by Crippen LogP contribution is 2.20. The van der Waals surface area contributed by atoms with Crippen LogP contribution >= 0.6 is 0 Å². The van der Waals surface area contributed by atoms with Crippen molar-refractivity contribution in [1.82, 2.24) is 9.55 Å². The van der Waals surface area contributed by atoms with Crippen molar-refractivity contribution in [3.05, 3.63) is 36.3 Å². The second kappa shape index (κ2) is 6.51. The summed E-state index contributed by atoms with van der Waals surface area (Å²) in [5, 5.41) is 2.85. The molecule has 0 fully saturated rings. The molecule has 2 aromatic rings. The SMILES string of the molecule is COc1ccc(OCC(=O)Nc2cnc3n2CCCC3)cc1. The van der Waals surface area contributed by atoms with Crippen molar-refractivity contribution >= 4 is 11.7 Å². The third kappa shape index (κ3) is 3.21. The highest BCUT2D eigenvalue weighted by atomic mass is 16.5. The zero-order chi connectivity index (χ0) is 15.4. The molecule has 0 saturated carbocycles. The number of imidazole rings is 1. The smallest absolute Gasteiger partial charge is 0.263 e. The van der Waals surface area contributed by atoms with Crippen LogP contribution in [0.5, 0.6) is 11.5 Å². The van der Waals surface area contributed by atoms with Crippen LogP contribution in [0, 0.1) is 0 Å². The average molecular weight is 301 g/mol. The number of aromatic nitrogens is 2. The van der Waals surface area contributed by atoms with E-state index in [2.05, 4.69) is 14.9 Å². The van der Waals surface area contributed by atoms with Gasteiger partial charge in [0.25, 0.3) is 5.91 Å². The third-order valence-corrected chi connectivity index (χ3v) is 3.67. The Balaban J connectivity index is 1.55. The minimum Gasteiger partial charge on any atom is -0.497 e. The van der Waals surface area contributed by atoms with Crippen molar-refractivity contribution in [3.63, 3.8) is 0 Å². The van der Waals surface area contributed by atoms with E-state index >= 15 is 0 Å². The Hall–Kier alpha value is -2.50. The lowest BCUT2D eigenvalue weighted by Crippen LogP contribution is -2.23. The van der Waals surface area contributed by atoms with E-state index in [1.54, 1.807) is 37.6 Å². The third-order valence-electron chi connectivity index (χ3n) is 3.67. The molecule has 6 heteroatoms. The number of ether oxygens (including phenoxy) is 2. The minimum atomic E-state index is -0.191. The molecule has 0 aliphatic carbocycles. The Morgan fingerprint density at radius 2 is 2.05 bits per heavy atom. The predicted molar refractivity (Wildman–Crippen MR) is 82.3 cm³/mol. The Morgan fingerprint density at radius 1 is 1.27 bits per heavy atom. The van der Waals surface area contributed by atoms with Gasteiger partial charge in [-0.2, -0.15) is 0 Å². The van der Waals surface area contributed by atoms with Gasteiger partial charge in [0.1, 0.15) is 23.1 Å². The van der Waals surface area contributed by atoms with Crippen LogP contribution in [0.2, 0.25) is 0 Å². The number of methoxy groups -OCH3 is 1. The highest BCUT2D eigenvalue weighted by Gasteiger charge is 2.15. The van der Waals surface area contributed by atoms with E-state index in [0.717, 1.165) is 43.2 Å². The monoisotopic (exact) mass is 301 g/mol. The van der Waals surface area contributed by atoms with Gasteiger partial charge in [0, 0.05) is 13.0 Å². The summed E-state index contributed by atoms with van der Waals surface area (Å²) in [6, 6.07) is 7.13. The largest absolute Gasteiger partial charge is 0.497 e. The number of hydrogen-bond acceptors (Lipinski definition) is 4. The fourth-order valence-corrected chi connectivity index (χ4v) is 2.52. The summed E-state index contributed by atoms with van der Waals surface area (Å²) in [5.41, 5.74) is 0. The molecule has 1 aliphatic rings. The summed E-state index contributed by atoms with van der Waals surface area (Å²) in [5.74, 6) is 2.98. The van der Waals surface area contributed by atoms with Gasteiger partial charge in [-0.3, -0.25) is 4.79 Å². The quantitative estimate of drug-likeness (QED) is 0.920. The van der Waals surface area contributed by atoms with Crippen LogP contribution in [0.4, 0.5) is 5.82 Å². The molecule has 1 amide bonds. The fraction of sp³-hybridized carbons (Fsp3) is 0.375. The van der Waals surface area contributed by atoms with E-state index in [1.165, 1.54) is 0 Å². The maximum atomic E-state index is 12.0. The maximum Gasteiger partial charge on any atom is 0.263 e. The molecule has 0 unspecified atom stereocenters. The number of amides is 1. The molecular formula is C16H19N3O3. The molecule has 0 saturated heterocycles. The van der Waals surface area contributed by atoms with E-state index in [1.807, 2.05) is 0 Å². The van der Waals surface area contributed by atoms with Crippen molar-refractivity contribution < 1.29 is 14.3 Å². The van der Waals surface area contributed by atoms with Gasteiger partial charge in [0.2, 0.25) is 0 Å². The fourth-order valence-electron chi connectivity index (χ4n) is 2.52. The molecule has 1 N–H and O–H groups in total. The molecule has 1 aromatic heterocycles. The zero-order valence-corrected chi connectivity index (χ0v) is 12.5. The molecule has 0 radical (unpaired) electrons. The molecule has 1 aromatic carbocycles. The van der Waals surface area contributed by atoms with Gasteiger partial charge in [0.05, 0.1) is 13.3 Å². The van der Waals surface area contributed by atoms with Gasteiger partial charge in [-0.15, -0.1) is 0 Å². The van der Waals surface area contributed by atoms with E-state index in [-0.39, 0.29) is 12.5 Å². The van der Waals surface area contributed by atoms with E-state index < -0.39 is 0 Å². The Kier molecular flexibility index (Phi) is 4.27. The van der Waals surface area contributed by atoms with Gasteiger partial charge in [-0.25, -0.2) is 4.98 Å². The van der Waals surface area contributed by atoms with Crippen LogP contribution < -0.4 is 14.8 Å². The van der Waals surface area contributed by atoms with Gasteiger partial charge >= 0.3 is 0 Å². The summed E-state index contributed by atoms with van der Waals surface area (Å²) in [7, 11) is 1.61. The standard InChI is InChI=1S/C16H19N3O3/c1-21-12-5-7-13(8-6-12)22-11-16(20)18-15-10-17-14-4-2-3-9-19(14)15/h5-8,10H,2-4,9,11H2,1H3,(H,18,20). The van der Waals surface area contributed by atoms with Crippen LogP contribution in [0.1, 0.15) is 18.7 Å². The molecule has 0 spiro atoms. The van der Waals surface area contributed by atoms with E-state index in [9.17, 15) is 4.79 Å². The number of nitrogens with one attached hydrogen (secondary N) is 1. The van der Waals surface area contributed by atoms with Crippen LogP contribution in [-0.2, 0) is 17.8 Å². The molecule has 3 rings (SSSR count). The van der Waals surface area contributed by atoms with Crippen molar-refractivity contribution in [3.8, 4) is 11.5 Å². The molecule has 0 bridgehead atoms. The minimum absolute atomic E-state index is 0.0349. The molecule has 6 nitrogen and oxygen atoms in total. The molecule has 0 atom stereocenters. The number of carbonyl (C=O) groups is 1.